The molecular weight excluding hydrogens is 470 g/mol. The number of methoxy groups -OCH3 is 1. The standard InChI is InChI=1S/C25H26ClN5O4/c1-33-19-6-3-7-20(15-19)35-23-21-16-31(25(32)27-18-5-2-4-17(26)14-18)9-8-22(21)28-24(29-23)30-10-12-34-13-11-30/h2-7,14-15H,8-13,16H2,1H3,(H,27,32). The van der Waals surface area contributed by atoms with Gasteiger partial charge in [-0.3, -0.25) is 0 Å². The fourth-order valence-electron chi connectivity index (χ4n) is 4.08. The summed E-state index contributed by atoms with van der Waals surface area (Å²) in [6, 6.07) is 14.2. The van der Waals surface area contributed by atoms with E-state index in [-0.39, 0.29) is 6.03 Å². The van der Waals surface area contributed by atoms with Gasteiger partial charge in [0, 0.05) is 42.8 Å². The number of ether oxygens (including phenoxy) is 3. The van der Waals surface area contributed by atoms with Gasteiger partial charge in [0.15, 0.2) is 0 Å². The third-order valence-electron chi connectivity index (χ3n) is 5.92. The van der Waals surface area contributed by atoms with Crippen molar-refractivity contribution in [2.45, 2.75) is 13.0 Å². The number of morpholine rings is 1. The molecule has 3 heterocycles. The Morgan fingerprint density at radius 1 is 1.06 bits per heavy atom. The molecular formula is C25H26ClN5O4. The molecule has 3 aromatic rings. The molecule has 0 saturated carbocycles. The van der Waals surface area contributed by atoms with Crippen molar-refractivity contribution in [3.8, 4) is 17.4 Å². The van der Waals surface area contributed by atoms with Gasteiger partial charge in [0.25, 0.3) is 0 Å². The summed E-state index contributed by atoms with van der Waals surface area (Å²) in [6.07, 6.45) is 0.590. The summed E-state index contributed by atoms with van der Waals surface area (Å²) in [6.45, 7) is 3.53. The average molecular weight is 496 g/mol. The van der Waals surface area contributed by atoms with E-state index >= 15 is 0 Å². The molecule has 182 valence electrons. The molecule has 1 saturated heterocycles. The molecule has 2 aliphatic rings. The van der Waals surface area contributed by atoms with Crippen LogP contribution in [0.2, 0.25) is 5.02 Å². The van der Waals surface area contributed by atoms with Crippen LogP contribution in [0.4, 0.5) is 16.4 Å². The lowest BCUT2D eigenvalue weighted by atomic mass is 10.1. The minimum atomic E-state index is -0.220. The summed E-state index contributed by atoms with van der Waals surface area (Å²) in [5.41, 5.74) is 2.31. The van der Waals surface area contributed by atoms with Gasteiger partial charge in [0.2, 0.25) is 11.8 Å². The number of nitrogens with one attached hydrogen (secondary N) is 1. The third-order valence-corrected chi connectivity index (χ3v) is 6.16. The number of carbonyl (C=O) groups excluding carboxylic acids is 1. The highest BCUT2D eigenvalue weighted by Crippen LogP contribution is 2.33. The average Bonchev–Trinajstić information content (AvgIpc) is 2.89. The van der Waals surface area contributed by atoms with Crippen LogP contribution in [0, 0.1) is 0 Å². The summed E-state index contributed by atoms with van der Waals surface area (Å²) in [5.74, 6) is 2.33. The Bertz CT molecular complexity index is 1220. The normalized spacial score (nSPS) is 15.4. The molecule has 0 atom stereocenters. The predicted octanol–water partition coefficient (Wildman–Crippen LogP) is 4.36. The Balaban J connectivity index is 1.43. The first-order valence-corrected chi connectivity index (χ1v) is 11.8. The van der Waals surface area contributed by atoms with Crippen LogP contribution in [0.15, 0.2) is 48.5 Å². The third kappa shape index (κ3) is 5.41. The predicted molar refractivity (Wildman–Crippen MR) is 133 cm³/mol. The number of amides is 2. The molecule has 1 fully saturated rings. The number of fused-ring (bicyclic) bond motifs is 1. The zero-order valence-corrected chi connectivity index (χ0v) is 20.1. The van der Waals surface area contributed by atoms with Gasteiger partial charge in [-0.15, -0.1) is 0 Å². The second-order valence-electron chi connectivity index (χ2n) is 8.25. The van der Waals surface area contributed by atoms with Crippen LogP contribution in [-0.4, -0.2) is 60.9 Å². The first-order chi connectivity index (χ1) is 17.1. The van der Waals surface area contributed by atoms with Gasteiger partial charge in [-0.25, -0.2) is 9.78 Å². The quantitative estimate of drug-likeness (QED) is 0.562. The minimum Gasteiger partial charge on any atom is -0.497 e. The first-order valence-electron chi connectivity index (χ1n) is 11.4. The van der Waals surface area contributed by atoms with E-state index in [2.05, 4.69) is 10.2 Å². The van der Waals surface area contributed by atoms with Gasteiger partial charge in [0.05, 0.1) is 38.1 Å². The van der Waals surface area contributed by atoms with Crippen LogP contribution in [0.5, 0.6) is 17.4 Å². The molecule has 2 amide bonds. The van der Waals surface area contributed by atoms with Gasteiger partial charge < -0.3 is 29.3 Å². The van der Waals surface area contributed by atoms with E-state index in [0.29, 0.717) is 79.9 Å². The Labute approximate surface area is 208 Å². The maximum atomic E-state index is 13.0. The smallest absolute Gasteiger partial charge is 0.322 e. The van der Waals surface area contributed by atoms with Gasteiger partial charge in [-0.2, -0.15) is 4.98 Å². The minimum absolute atomic E-state index is 0.220. The van der Waals surface area contributed by atoms with Gasteiger partial charge in [0.1, 0.15) is 11.5 Å². The zero-order valence-electron chi connectivity index (χ0n) is 19.4. The van der Waals surface area contributed by atoms with E-state index in [1.54, 1.807) is 42.3 Å². The first kappa shape index (κ1) is 23.2. The lowest BCUT2D eigenvalue weighted by molar-refractivity contribution is 0.122. The Morgan fingerprint density at radius 2 is 1.86 bits per heavy atom. The van der Waals surface area contributed by atoms with Crippen LogP contribution in [0.1, 0.15) is 11.3 Å². The van der Waals surface area contributed by atoms with Crippen molar-refractivity contribution in [3.63, 3.8) is 0 Å². The lowest BCUT2D eigenvalue weighted by Gasteiger charge is -2.32. The Hall–Kier alpha value is -3.56. The molecule has 0 unspecified atom stereocenters. The number of hydrogen-bond acceptors (Lipinski definition) is 7. The maximum Gasteiger partial charge on any atom is 0.322 e. The molecule has 0 spiro atoms. The summed E-state index contributed by atoms with van der Waals surface area (Å²) in [7, 11) is 1.61. The van der Waals surface area contributed by atoms with E-state index in [1.807, 2.05) is 18.2 Å². The molecule has 5 rings (SSSR count). The SMILES string of the molecule is COc1cccc(Oc2nc(N3CCOCC3)nc3c2CN(C(=O)Nc2cccc(Cl)c2)CC3)c1. The van der Waals surface area contributed by atoms with Crippen molar-refractivity contribution < 1.29 is 19.0 Å². The van der Waals surface area contributed by atoms with Gasteiger partial charge >= 0.3 is 6.03 Å². The number of carbonyl (C=O) groups is 1. The van der Waals surface area contributed by atoms with Crippen LogP contribution >= 0.6 is 11.6 Å². The number of hydrogen-bond donors (Lipinski definition) is 1. The van der Waals surface area contributed by atoms with Crippen molar-refractivity contribution in [1.29, 1.82) is 0 Å². The summed E-state index contributed by atoms with van der Waals surface area (Å²) < 4.78 is 17.1. The van der Waals surface area contributed by atoms with E-state index in [0.717, 1.165) is 11.3 Å². The number of aromatic nitrogens is 2. The molecule has 2 aromatic carbocycles. The van der Waals surface area contributed by atoms with Crippen molar-refractivity contribution in [2.75, 3.05) is 50.2 Å². The largest absolute Gasteiger partial charge is 0.497 e. The highest BCUT2D eigenvalue weighted by atomic mass is 35.5. The summed E-state index contributed by atoms with van der Waals surface area (Å²) in [4.78, 5) is 26.4. The van der Waals surface area contributed by atoms with Crippen LogP contribution in [0.3, 0.4) is 0 Å². The number of benzene rings is 2. The van der Waals surface area contributed by atoms with Crippen molar-refractivity contribution in [3.05, 3.63) is 64.8 Å². The highest BCUT2D eigenvalue weighted by Gasteiger charge is 2.28. The molecule has 1 N–H and O–H groups in total. The fraction of sp³-hybridized carbons (Fsp3) is 0.320. The van der Waals surface area contributed by atoms with Gasteiger partial charge in [-0.05, 0) is 30.3 Å². The summed E-state index contributed by atoms with van der Waals surface area (Å²) >= 11 is 6.06. The second-order valence-corrected chi connectivity index (χ2v) is 8.68. The lowest BCUT2D eigenvalue weighted by Crippen LogP contribution is -2.41. The van der Waals surface area contributed by atoms with E-state index in [1.165, 1.54) is 0 Å². The molecule has 0 radical (unpaired) electrons. The Morgan fingerprint density at radius 3 is 2.66 bits per heavy atom. The number of halogens is 1. The van der Waals surface area contributed by atoms with Crippen molar-refractivity contribution in [2.24, 2.45) is 0 Å². The number of urea groups is 1. The Kier molecular flexibility index (Phi) is 6.87. The highest BCUT2D eigenvalue weighted by molar-refractivity contribution is 6.30. The van der Waals surface area contributed by atoms with Crippen LogP contribution < -0.4 is 19.7 Å². The van der Waals surface area contributed by atoms with E-state index in [9.17, 15) is 4.79 Å². The zero-order chi connectivity index (χ0) is 24.2. The van der Waals surface area contributed by atoms with Crippen molar-refractivity contribution in [1.82, 2.24) is 14.9 Å². The monoisotopic (exact) mass is 495 g/mol. The number of nitrogens with zero attached hydrogens (tertiary/aromatic N) is 4. The molecule has 0 bridgehead atoms. The molecule has 1 aromatic heterocycles. The van der Waals surface area contributed by atoms with Crippen LogP contribution in [0.25, 0.3) is 0 Å². The number of anilines is 2. The molecule has 10 heteroatoms. The van der Waals surface area contributed by atoms with E-state index in [4.69, 9.17) is 35.8 Å². The fourth-order valence-corrected chi connectivity index (χ4v) is 4.27. The summed E-state index contributed by atoms with van der Waals surface area (Å²) in [5, 5.41) is 3.47. The topological polar surface area (TPSA) is 89.1 Å². The molecule has 2 aliphatic heterocycles. The van der Waals surface area contributed by atoms with Crippen LogP contribution in [-0.2, 0) is 17.7 Å². The van der Waals surface area contributed by atoms with E-state index < -0.39 is 0 Å². The van der Waals surface area contributed by atoms with Crippen molar-refractivity contribution >= 4 is 29.3 Å². The molecule has 0 aliphatic carbocycles. The second kappa shape index (κ2) is 10.4. The van der Waals surface area contributed by atoms with Gasteiger partial charge in [-0.1, -0.05) is 23.7 Å². The maximum absolute atomic E-state index is 13.0. The molecule has 9 nitrogen and oxygen atoms in total. The number of rotatable bonds is 5. The molecule has 35 heavy (non-hydrogen) atoms.